The molecule has 7 heteroatoms. The van der Waals surface area contributed by atoms with Gasteiger partial charge in [0.25, 0.3) is 5.91 Å². The second kappa shape index (κ2) is 7.51. The molecule has 7 nitrogen and oxygen atoms in total. The second-order valence-electron chi connectivity index (χ2n) is 6.46. The fourth-order valence-electron chi connectivity index (χ4n) is 2.92. The highest BCUT2D eigenvalue weighted by atomic mass is 16.3. The van der Waals surface area contributed by atoms with Crippen molar-refractivity contribution in [1.29, 1.82) is 0 Å². The minimum absolute atomic E-state index is 0.0746. The Balaban J connectivity index is 1.31. The molecule has 0 atom stereocenters. The predicted octanol–water partition coefficient (Wildman–Crippen LogP) is 0.917. The molecule has 2 fully saturated rings. The minimum atomic E-state index is -0.247. The highest BCUT2D eigenvalue weighted by molar-refractivity contribution is 5.94. The van der Waals surface area contributed by atoms with E-state index >= 15 is 0 Å². The molecular weight excluding hydrogens is 310 g/mol. The van der Waals surface area contributed by atoms with Crippen LogP contribution in [0.5, 0.6) is 0 Å². The summed E-state index contributed by atoms with van der Waals surface area (Å²) in [6.07, 6.45) is 6.69. The molecule has 0 aromatic carbocycles. The number of carbonyl (C=O) groups is 3. The number of hydrogen-bond acceptors (Lipinski definition) is 4. The molecule has 0 bridgehead atoms. The Morgan fingerprint density at radius 3 is 2.54 bits per heavy atom. The van der Waals surface area contributed by atoms with Crippen LogP contribution in [0.1, 0.15) is 42.5 Å². The summed E-state index contributed by atoms with van der Waals surface area (Å²) in [4.78, 5) is 37.6. The number of carbonyl (C=O) groups excluding carboxylic acids is 3. The quantitative estimate of drug-likeness (QED) is 0.810. The molecule has 3 amide bonds. The SMILES string of the molecule is O=C(CCNC(=O)c1ccoc1)NC1CCN(C(=O)C2CC2)CC1. The second-order valence-corrected chi connectivity index (χ2v) is 6.46. The zero-order valence-corrected chi connectivity index (χ0v) is 13.6. The summed E-state index contributed by atoms with van der Waals surface area (Å²) in [6.45, 7) is 1.73. The van der Waals surface area contributed by atoms with E-state index in [0.717, 1.165) is 38.8 Å². The van der Waals surface area contributed by atoms with Gasteiger partial charge in [-0.1, -0.05) is 0 Å². The first-order valence-corrected chi connectivity index (χ1v) is 8.52. The fourth-order valence-corrected chi connectivity index (χ4v) is 2.92. The Kier molecular flexibility index (Phi) is 5.17. The summed E-state index contributed by atoms with van der Waals surface area (Å²) in [7, 11) is 0. The lowest BCUT2D eigenvalue weighted by Gasteiger charge is -2.32. The van der Waals surface area contributed by atoms with E-state index in [1.165, 1.54) is 12.5 Å². The van der Waals surface area contributed by atoms with Crippen molar-refractivity contribution in [3.63, 3.8) is 0 Å². The lowest BCUT2D eigenvalue weighted by atomic mass is 10.0. The van der Waals surface area contributed by atoms with E-state index in [-0.39, 0.29) is 42.6 Å². The van der Waals surface area contributed by atoms with Crippen molar-refractivity contribution in [3.8, 4) is 0 Å². The van der Waals surface area contributed by atoms with E-state index in [0.29, 0.717) is 5.56 Å². The average Bonchev–Trinajstić information content (AvgIpc) is 3.28. The molecule has 2 aliphatic rings. The summed E-state index contributed by atoms with van der Waals surface area (Å²) < 4.78 is 4.84. The van der Waals surface area contributed by atoms with Gasteiger partial charge in [0.05, 0.1) is 11.8 Å². The number of piperidine rings is 1. The van der Waals surface area contributed by atoms with Gasteiger partial charge in [-0.15, -0.1) is 0 Å². The molecule has 24 heavy (non-hydrogen) atoms. The number of nitrogens with one attached hydrogen (secondary N) is 2. The standard InChI is InChI=1S/C17H23N3O4/c21-15(3-7-18-16(22)13-6-10-24-11-13)19-14-4-8-20(9-5-14)17(23)12-1-2-12/h6,10-12,14H,1-5,7-9H2,(H,18,22)(H,19,21). The van der Waals surface area contributed by atoms with E-state index in [1.54, 1.807) is 6.07 Å². The first-order valence-electron chi connectivity index (χ1n) is 8.52. The fraction of sp³-hybridized carbons (Fsp3) is 0.588. The zero-order chi connectivity index (χ0) is 16.9. The van der Waals surface area contributed by atoms with E-state index in [2.05, 4.69) is 10.6 Å². The highest BCUT2D eigenvalue weighted by Gasteiger charge is 2.35. The molecule has 1 aliphatic carbocycles. The van der Waals surface area contributed by atoms with Crippen molar-refractivity contribution >= 4 is 17.7 Å². The Bertz CT molecular complexity index is 587. The average molecular weight is 333 g/mol. The molecule has 2 heterocycles. The number of amides is 3. The van der Waals surface area contributed by atoms with Crippen molar-refractivity contribution in [1.82, 2.24) is 15.5 Å². The predicted molar refractivity (Wildman–Crippen MR) is 86.1 cm³/mol. The topological polar surface area (TPSA) is 91.7 Å². The van der Waals surface area contributed by atoms with Gasteiger partial charge in [0.15, 0.2) is 0 Å². The van der Waals surface area contributed by atoms with Crippen LogP contribution in [0.25, 0.3) is 0 Å². The van der Waals surface area contributed by atoms with Crippen LogP contribution in [0.4, 0.5) is 0 Å². The number of hydrogen-bond donors (Lipinski definition) is 2. The molecule has 3 rings (SSSR count). The molecule has 1 aliphatic heterocycles. The lowest BCUT2D eigenvalue weighted by Crippen LogP contribution is -2.47. The third-order valence-electron chi connectivity index (χ3n) is 4.52. The lowest BCUT2D eigenvalue weighted by molar-refractivity contribution is -0.133. The summed E-state index contributed by atoms with van der Waals surface area (Å²) in [5.74, 6) is 0.217. The molecule has 1 saturated carbocycles. The first-order chi connectivity index (χ1) is 11.6. The van der Waals surface area contributed by atoms with Gasteiger partial charge in [-0.3, -0.25) is 14.4 Å². The van der Waals surface area contributed by atoms with Crippen LogP contribution in [0.3, 0.4) is 0 Å². The molecule has 1 aromatic rings. The maximum absolute atomic E-state index is 12.0. The van der Waals surface area contributed by atoms with E-state index in [1.807, 2.05) is 4.90 Å². The van der Waals surface area contributed by atoms with E-state index in [4.69, 9.17) is 4.42 Å². The first kappa shape index (κ1) is 16.5. The van der Waals surface area contributed by atoms with E-state index in [9.17, 15) is 14.4 Å². The summed E-state index contributed by atoms with van der Waals surface area (Å²) in [6, 6.07) is 1.69. The van der Waals surface area contributed by atoms with Crippen LogP contribution in [0.2, 0.25) is 0 Å². The summed E-state index contributed by atoms with van der Waals surface area (Å²) in [5.41, 5.74) is 0.447. The van der Waals surface area contributed by atoms with Gasteiger partial charge in [0, 0.05) is 38.0 Å². The molecule has 130 valence electrons. The third-order valence-corrected chi connectivity index (χ3v) is 4.52. The number of likely N-dealkylation sites (tertiary alicyclic amines) is 1. The van der Waals surface area contributed by atoms with Crippen LogP contribution in [0, 0.1) is 5.92 Å². The van der Waals surface area contributed by atoms with Crippen molar-refractivity contribution in [2.45, 2.75) is 38.1 Å². The molecular formula is C17H23N3O4. The van der Waals surface area contributed by atoms with Crippen LogP contribution in [-0.2, 0) is 9.59 Å². The summed E-state index contributed by atoms with van der Waals surface area (Å²) >= 11 is 0. The molecule has 0 unspecified atom stereocenters. The molecule has 1 saturated heterocycles. The van der Waals surface area contributed by atoms with Crippen LogP contribution < -0.4 is 10.6 Å². The third kappa shape index (κ3) is 4.37. The van der Waals surface area contributed by atoms with Crippen LogP contribution in [-0.4, -0.2) is 48.3 Å². The maximum atomic E-state index is 12.0. The largest absolute Gasteiger partial charge is 0.472 e. The zero-order valence-electron chi connectivity index (χ0n) is 13.6. The van der Waals surface area contributed by atoms with Gasteiger partial charge in [-0.25, -0.2) is 0 Å². The normalized spacial score (nSPS) is 18.2. The van der Waals surface area contributed by atoms with Crippen LogP contribution in [0.15, 0.2) is 23.0 Å². The Morgan fingerprint density at radius 1 is 1.17 bits per heavy atom. The molecule has 0 radical (unpaired) electrons. The molecule has 0 spiro atoms. The van der Waals surface area contributed by atoms with Gasteiger partial charge in [-0.2, -0.15) is 0 Å². The van der Waals surface area contributed by atoms with Gasteiger partial charge < -0.3 is 20.0 Å². The molecule has 1 aromatic heterocycles. The summed E-state index contributed by atoms with van der Waals surface area (Å²) in [5, 5.41) is 5.67. The van der Waals surface area contributed by atoms with Crippen molar-refractivity contribution in [2.75, 3.05) is 19.6 Å². The van der Waals surface area contributed by atoms with Gasteiger partial charge in [-0.05, 0) is 31.7 Å². The van der Waals surface area contributed by atoms with Gasteiger partial charge >= 0.3 is 0 Å². The Hall–Kier alpha value is -2.31. The van der Waals surface area contributed by atoms with Gasteiger partial charge in [0.2, 0.25) is 11.8 Å². The van der Waals surface area contributed by atoms with E-state index < -0.39 is 0 Å². The van der Waals surface area contributed by atoms with Crippen LogP contribution >= 0.6 is 0 Å². The Morgan fingerprint density at radius 2 is 1.92 bits per heavy atom. The highest BCUT2D eigenvalue weighted by Crippen LogP contribution is 2.31. The van der Waals surface area contributed by atoms with Crippen molar-refractivity contribution in [2.24, 2.45) is 5.92 Å². The number of rotatable bonds is 6. The number of nitrogens with zero attached hydrogens (tertiary/aromatic N) is 1. The van der Waals surface area contributed by atoms with Crippen molar-refractivity contribution in [3.05, 3.63) is 24.2 Å². The maximum Gasteiger partial charge on any atom is 0.254 e. The minimum Gasteiger partial charge on any atom is -0.472 e. The molecule has 2 N–H and O–H groups in total. The monoisotopic (exact) mass is 333 g/mol. The van der Waals surface area contributed by atoms with Crippen molar-refractivity contribution < 1.29 is 18.8 Å². The van der Waals surface area contributed by atoms with Gasteiger partial charge in [0.1, 0.15) is 6.26 Å². The Labute approximate surface area is 140 Å². The number of furan rings is 1. The smallest absolute Gasteiger partial charge is 0.254 e.